The summed E-state index contributed by atoms with van der Waals surface area (Å²) in [5.74, 6) is 0.791. The second-order valence-electron chi connectivity index (χ2n) is 10.8. The molecule has 4 aromatic rings. The summed E-state index contributed by atoms with van der Waals surface area (Å²) in [6.45, 7) is 5.68. The highest BCUT2D eigenvalue weighted by molar-refractivity contribution is 7.92. The molecule has 0 saturated carbocycles. The Morgan fingerprint density at radius 1 is 0.975 bits per heavy atom. The van der Waals surface area contributed by atoms with Crippen LogP contribution in [0.15, 0.2) is 77.8 Å². The van der Waals surface area contributed by atoms with Crippen LogP contribution in [0.4, 0.5) is 11.6 Å². The van der Waals surface area contributed by atoms with Gasteiger partial charge in [0.25, 0.3) is 10.0 Å². The molecule has 0 saturated heterocycles. The zero-order valence-electron chi connectivity index (χ0n) is 23.6. The quantitative estimate of drug-likeness (QED) is 0.233. The maximum absolute atomic E-state index is 13.0. The second-order valence-corrected chi connectivity index (χ2v) is 12.5. The largest absolute Gasteiger partial charge is 0.354 e. The zero-order valence-corrected chi connectivity index (χ0v) is 24.4. The molecule has 1 atom stereocenters. The first-order valence-corrected chi connectivity index (χ1v) is 15.2. The van der Waals surface area contributed by atoms with Crippen molar-refractivity contribution < 1.29 is 8.42 Å². The number of rotatable bonds is 10. The van der Waals surface area contributed by atoms with Gasteiger partial charge in [-0.1, -0.05) is 54.1 Å². The monoisotopic (exact) mass is 555 g/mol. The maximum Gasteiger partial charge on any atom is 0.262 e. The molecule has 5 rings (SSSR count). The lowest BCUT2D eigenvalue weighted by Crippen LogP contribution is -2.17. The van der Waals surface area contributed by atoms with Crippen LogP contribution in [0.3, 0.4) is 0 Å². The molecule has 1 unspecified atom stereocenters. The molecule has 1 heterocycles. The van der Waals surface area contributed by atoms with Crippen LogP contribution in [0.5, 0.6) is 0 Å². The number of nitrogens with one attached hydrogen (secondary N) is 2. The van der Waals surface area contributed by atoms with Gasteiger partial charge in [-0.2, -0.15) is 0 Å². The molecule has 1 aromatic heterocycles. The molecular weight excluding hydrogens is 518 g/mol. The molecule has 0 aliphatic heterocycles. The van der Waals surface area contributed by atoms with E-state index in [9.17, 15) is 8.42 Å². The van der Waals surface area contributed by atoms with Crippen molar-refractivity contribution in [3.8, 4) is 11.3 Å². The van der Waals surface area contributed by atoms with Crippen molar-refractivity contribution >= 4 is 21.7 Å². The number of hydrogen-bond donors (Lipinski definition) is 2. The minimum absolute atomic E-state index is 0.127. The average molecular weight is 556 g/mol. The Labute approximate surface area is 237 Å². The van der Waals surface area contributed by atoms with Crippen LogP contribution in [0, 0.1) is 13.8 Å². The molecule has 2 N–H and O–H groups in total. The molecule has 8 heteroatoms. The first-order valence-electron chi connectivity index (χ1n) is 13.7. The van der Waals surface area contributed by atoms with E-state index in [0.29, 0.717) is 16.5 Å². The van der Waals surface area contributed by atoms with Gasteiger partial charge in [-0.15, -0.1) is 0 Å². The smallest absolute Gasteiger partial charge is 0.262 e. The number of anilines is 2. The number of aryl methyl sites for hydroxylation is 2. The highest BCUT2D eigenvalue weighted by Crippen LogP contribution is 2.42. The van der Waals surface area contributed by atoms with Crippen molar-refractivity contribution in [2.24, 2.45) is 0 Å². The zero-order chi connectivity index (χ0) is 28.3. The molecule has 0 bridgehead atoms. The Hall–Kier alpha value is -3.75. The molecule has 1 aliphatic rings. The lowest BCUT2D eigenvalue weighted by Gasteiger charge is -2.27. The first-order chi connectivity index (χ1) is 19.2. The standard InChI is InChI=1S/C32H37N5O2S/c1-22-11-16-30(23(2)19-22)40(38,39)36-26-14-12-24(13-15-26)29-20-25-21-34-32(33-17-7-8-18-37(3)4)35-31(25)28-10-6-5-9-27(28)29/h5-6,9-16,19,21,29,36H,7-8,17-18,20H2,1-4H3,(H,33,34,35). The summed E-state index contributed by atoms with van der Waals surface area (Å²) in [6, 6.07) is 21.5. The van der Waals surface area contributed by atoms with Crippen LogP contribution in [-0.4, -0.2) is 50.5 Å². The fourth-order valence-corrected chi connectivity index (χ4v) is 6.65. The van der Waals surface area contributed by atoms with Crippen molar-refractivity contribution in [2.75, 3.05) is 37.2 Å². The van der Waals surface area contributed by atoms with Gasteiger partial charge in [-0.25, -0.2) is 18.4 Å². The van der Waals surface area contributed by atoms with E-state index in [4.69, 9.17) is 4.98 Å². The van der Waals surface area contributed by atoms with Gasteiger partial charge >= 0.3 is 0 Å². The van der Waals surface area contributed by atoms with Crippen molar-refractivity contribution in [2.45, 2.75) is 43.9 Å². The Kier molecular flexibility index (Phi) is 8.19. The highest BCUT2D eigenvalue weighted by atomic mass is 32.2. The van der Waals surface area contributed by atoms with Crippen LogP contribution in [-0.2, 0) is 16.4 Å². The van der Waals surface area contributed by atoms with E-state index in [-0.39, 0.29) is 5.92 Å². The van der Waals surface area contributed by atoms with Crippen LogP contribution in [0.25, 0.3) is 11.3 Å². The van der Waals surface area contributed by atoms with E-state index in [1.54, 1.807) is 6.07 Å². The van der Waals surface area contributed by atoms with Crippen molar-refractivity contribution in [1.82, 2.24) is 14.9 Å². The lowest BCUT2D eigenvalue weighted by molar-refractivity contribution is 0.396. The van der Waals surface area contributed by atoms with E-state index >= 15 is 0 Å². The summed E-state index contributed by atoms with van der Waals surface area (Å²) in [6.07, 6.45) is 4.91. The molecule has 1 aliphatic carbocycles. The van der Waals surface area contributed by atoms with Gasteiger partial charge in [0, 0.05) is 29.9 Å². The molecule has 40 heavy (non-hydrogen) atoms. The predicted molar refractivity (Wildman–Crippen MR) is 162 cm³/mol. The molecule has 0 radical (unpaired) electrons. The van der Waals surface area contributed by atoms with Crippen LogP contribution in [0.1, 0.15) is 46.6 Å². The molecule has 0 fully saturated rings. The summed E-state index contributed by atoms with van der Waals surface area (Å²) < 4.78 is 28.8. The number of hydrogen-bond acceptors (Lipinski definition) is 6. The predicted octanol–water partition coefficient (Wildman–Crippen LogP) is 6.00. The van der Waals surface area contributed by atoms with Crippen LogP contribution >= 0.6 is 0 Å². The first kappa shape index (κ1) is 27.8. The maximum atomic E-state index is 13.0. The summed E-state index contributed by atoms with van der Waals surface area (Å²) in [4.78, 5) is 12.0. The topological polar surface area (TPSA) is 87.2 Å². The number of benzene rings is 3. The minimum Gasteiger partial charge on any atom is -0.354 e. The Morgan fingerprint density at radius 2 is 1.75 bits per heavy atom. The number of nitrogens with zero attached hydrogens (tertiary/aromatic N) is 3. The van der Waals surface area contributed by atoms with E-state index in [1.165, 1.54) is 5.56 Å². The summed E-state index contributed by atoms with van der Waals surface area (Å²) in [7, 11) is 0.502. The third-order valence-corrected chi connectivity index (χ3v) is 8.92. The van der Waals surface area contributed by atoms with E-state index in [1.807, 2.05) is 62.5 Å². The molecule has 0 amide bonds. The van der Waals surface area contributed by atoms with Crippen molar-refractivity contribution in [3.63, 3.8) is 0 Å². The molecule has 3 aromatic carbocycles. The van der Waals surface area contributed by atoms with Crippen LogP contribution in [0.2, 0.25) is 0 Å². The molecular formula is C32H37N5O2S. The molecule has 208 valence electrons. The highest BCUT2D eigenvalue weighted by Gasteiger charge is 2.27. The Balaban J connectivity index is 1.33. The van der Waals surface area contributed by atoms with Gasteiger partial charge in [0.15, 0.2) is 0 Å². The third kappa shape index (κ3) is 6.18. The van der Waals surface area contributed by atoms with E-state index < -0.39 is 10.0 Å². The minimum atomic E-state index is -3.68. The van der Waals surface area contributed by atoms with Crippen molar-refractivity contribution in [1.29, 1.82) is 0 Å². The fraction of sp³-hybridized carbons (Fsp3) is 0.312. The lowest BCUT2D eigenvalue weighted by atomic mass is 9.78. The molecule has 0 spiro atoms. The normalized spacial score (nSPS) is 14.5. The summed E-state index contributed by atoms with van der Waals surface area (Å²) >= 11 is 0. The second kappa shape index (κ2) is 11.8. The Morgan fingerprint density at radius 3 is 2.50 bits per heavy atom. The fourth-order valence-electron chi connectivity index (χ4n) is 5.37. The number of unbranched alkanes of at least 4 members (excludes halogenated alkanes) is 1. The van der Waals surface area contributed by atoms with Gasteiger partial charge in [-0.05, 0) is 94.2 Å². The summed E-state index contributed by atoms with van der Waals surface area (Å²) in [5.41, 5.74) is 7.85. The van der Waals surface area contributed by atoms with Gasteiger partial charge in [0.2, 0.25) is 5.95 Å². The van der Waals surface area contributed by atoms with Crippen LogP contribution < -0.4 is 10.0 Å². The SMILES string of the molecule is Cc1ccc(S(=O)(=O)Nc2ccc(C3Cc4cnc(NCCCCN(C)C)nc4-c4ccccc43)cc2)c(C)c1. The van der Waals surface area contributed by atoms with Gasteiger partial charge < -0.3 is 10.2 Å². The molecule has 7 nitrogen and oxygen atoms in total. The van der Waals surface area contributed by atoms with E-state index in [0.717, 1.165) is 65.9 Å². The average Bonchev–Trinajstić information content (AvgIpc) is 2.92. The van der Waals surface area contributed by atoms with E-state index in [2.05, 4.69) is 52.2 Å². The number of aromatic nitrogens is 2. The third-order valence-electron chi connectivity index (χ3n) is 7.38. The Bertz CT molecular complexity index is 1600. The number of sulfonamides is 1. The van der Waals surface area contributed by atoms with Crippen molar-refractivity contribution in [3.05, 3.63) is 101 Å². The van der Waals surface area contributed by atoms with Gasteiger partial charge in [0.05, 0.1) is 10.6 Å². The van der Waals surface area contributed by atoms with Gasteiger partial charge in [-0.3, -0.25) is 4.72 Å². The van der Waals surface area contributed by atoms with Gasteiger partial charge in [0.1, 0.15) is 0 Å². The number of fused-ring (bicyclic) bond motifs is 3. The summed E-state index contributed by atoms with van der Waals surface area (Å²) in [5, 5.41) is 3.39.